The summed E-state index contributed by atoms with van der Waals surface area (Å²) in [6.07, 6.45) is 7.34. The Morgan fingerprint density at radius 3 is 2.36 bits per heavy atom. The maximum Gasteiger partial charge on any atom is 0.334 e. The molecule has 0 fully saturated rings. The molecular weight excluding hydrogens is 316 g/mol. The molecule has 0 saturated heterocycles. The van der Waals surface area contributed by atoms with E-state index < -0.39 is 5.97 Å². The van der Waals surface area contributed by atoms with Crippen molar-refractivity contribution in [2.45, 2.75) is 46.0 Å². The van der Waals surface area contributed by atoms with Crippen LogP contribution in [-0.4, -0.2) is 26.2 Å². The van der Waals surface area contributed by atoms with E-state index >= 15 is 0 Å². The minimum absolute atomic E-state index is 0.357. The molecule has 0 aliphatic heterocycles. The van der Waals surface area contributed by atoms with Crippen molar-refractivity contribution < 1.29 is 19.1 Å². The highest BCUT2D eigenvalue weighted by molar-refractivity contribution is 5.91. The highest BCUT2D eigenvalue weighted by Gasteiger charge is 2.16. The van der Waals surface area contributed by atoms with Crippen LogP contribution in [0.15, 0.2) is 47.6 Å². The number of aryl methyl sites for hydroxylation is 1. The van der Waals surface area contributed by atoms with Crippen LogP contribution in [0.5, 0.6) is 0 Å². The highest BCUT2D eigenvalue weighted by Crippen LogP contribution is 2.22. The quantitative estimate of drug-likeness (QED) is 0.290. The zero-order valence-electron chi connectivity index (χ0n) is 15.6. The minimum Gasteiger partial charge on any atom is -0.466 e. The maximum atomic E-state index is 12.4. The number of carbonyl (C=O) groups excluding carboxylic acids is 2. The Balaban J connectivity index is 3.25. The molecule has 0 N–H and O–H groups in total. The lowest BCUT2D eigenvalue weighted by Gasteiger charge is -2.13. The van der Waals surface area contributed by atoms with Crippen LogP contribution >= 0.6 is 0 Å². The van der Waals surface area contributed by atoms with Crippen molar-refractivity contribution in [1.29, 1.82) is 0 Å². The Morgan fingerprint density at radius 2 is 1.76 bits per heavy atom. The third-order valence-electron chi connectivity index (χ3n) is 4.12. The molecule has 0 aromatic heterocycles. The number of unbranched alkanes of at least 4 members (excludes halogenated alkanes) is 2. The lowest BCUT2D eigenvalue weighted by molar-refractivity contribution is -0.136. The van der Waals surface area contributed by atoms with Crippen LogP contribution in [-0.2, 0) is 25.5 Å². The van der Waals surface area contributed by atoms with Crippen molar-refractivity contribution in [3.8, 4) is 0 Å². The summed E-state index contributed by atoms with van der Waals surface area (Å²) < 4.78 is 9.66. The van der Waals surface area contributed by atoms with Gasteiger partial charge < -0.3 is 9.47 Å². The average Bonchev–Trinajstić information content (AvgIpc) is 2.63. The van der Waals surface area contributed by atoms with Crippen molar-refractivity contribution in [3.05, 3.63) is 58.7 Å². The molecule has 0 aliphatic carbocycles. The Kier molecular flexibility index (Phi) is 9.30. The van der Waals surface area contributed by atoms with Crippen LogP contribution in [0.3, 0.4) is 0 Å². The summed E-state index contributed by atoms with van der Waals surface area (Å²) in [7, 11) is 2.72. The standard InChI is InChI=1S/C21H28O4/c1-5-6-7-11-17(13-14-20(22)24-3)19(21(23)25-4)15-18-12-9-8-10-16(18)2/h8-10,12-14H,5-7,11,15H2,1-4H3/b14-13+,19-17+. The first-order chi connectivity index (χ1) is 12.0. The van der Waals surface area contributed by atoms with E-state index in [1.165, 1.54) is 20.3 Å². The van der Waals surface area contributed by atoms with Gasteiger partial charge in [0, 0.05) is 18.1 Å². The normalized spacial score (nSPS) is 12.0. The molecule has 1 rings (SSSR count). The van der Waals surface area contributed by atoms with E-state index in [1.807, 2.05) is 31.2 Å². The zero-order valence-corrected chi connectivity index (χ0v) is 15.6. The van der Waals surface area contributed by atoms with Gasteiger partial charge in [0.2, 0.25) is 0 Å². The largest absolute Gasteiger partial charge is 0.466 e. The second-order valence-corrected chi connectivity index (χ2v) is 5.91. The van der Waals surface area contributed by atoms with Gasteiger partial charge in [0.05, 0.1) is 14.2 Å². The van der Waals surface area contributed by atoms with Gasteiger partial charge in [-0.2, -0.15) is 0 Å². The molecule has 25 heavy (non-hydrogen) atoms. The van der Waals surface area contributed by atoms with Crippen molar-refractivity contribution >= 4 is 11.9 Å². The molecule has 0 bridgehead atoms. The lowest BCUT2D eigenvalue weighted by Crippen LogP contribution is -2.11. The Bertz CT molecular complexity index is 641. The van der Waals surface area contributed by atoms with Crippen LogP contribution in [0.25, 0.3) is 0 Å². The van der Waals surface area contributed by atoms with E-state index in [9.17, 15) is 9.59 Å². The van der Waals surface area contributed by atoms with Gasteiger partial charge in [0.1, 0.15) is 0 Å². The Morgan fingerprint density at radius 1 is 1.04 bits per heavy atom. The smallest absolute Gasteiger partial charge is 0.334 e. The predicted molar refractivity (Wildman–Crippen MR) is 99.2 cm³/mol. The third-order valence-corrected chi connectivity index (χ3v) is 4.12. The van der Waals surface area contributed by atoms with Gasteiger partial charge >= 0.3 is 11.9 Å². The molecule has 0 amide bonds. The van der Waals surface area contributed by atoms with Crippen molar-refractivity contribution in [1.82, 2.24) is 0 Å². The van der Waals surface area contributed by atoms with Crippen LogP contribution in [0.4, 0.5) is 0 Å². The SMILES string of the molecule is CCCCCC(/C=C/C(=O)OC)=C(/Cc1ccccc1C)C(=O)OC. The van der Waals surface area contributed by atoms with Gasteiger partial charge in [-0.3, -0.25) is 0 Å². The molecule has 1 aromatic carbocycles. The molecular formula is C21H28O4. The van der Waals surface area contributed by atoms with E-state index in [0.29, 0.717) is 12.0 Å². The van der Waals surface area contributed by atoms with E-state index in [4.69, 9.17) is 4.74 Å². The summed E-state index contributed by atoms with van der Waals surface area (Å²) in [6, 6.07) is 7.95. The van der Waals surface area contributed by atoms with Gasteiger partial charge in [-0.15, -0.1) is 0 Å². The molecule has 1 aromatic rings. The van der Waals surface area contributed by atoms with Gasteiger partial charge in [0.15, 0.2) is 0 Å². The van der Waals surface area contributed by atoms with Crippen LogP contribution < -0.4 is 0 Å². The summed E-state index contributed by atoms with van der Waals surface area (Å²) in [5.74, 6) is -0.794. The van der Waals surface area contributed by atoms with E-state index in [-0.39, 0.29) is 5.97 Å². The lowest BCUT2D eigenvalue weighted by atomic mass is 9.94. The number of methoxy groups -OCH3 is 2. The molecule has 0 radical (unpaired) electrons. The number of carbonyl (C=O) groups is 2. The number of hydrogen-bond acceptors (Lipinski definition) is 4. The minimum atomic E-state index is -0.437. The van der Waals surface area contributed by atoms with Crippen molar-refractivity contribution in [2.24, 2.45) is 0 Å². The van der Waals surface area contributed by atoms with Gasteiger partial charge in [-0.1, -0.05) is 50.1 Å². The number of hydrogen-bond donors (Lipinski definition) is 0. The maximum absolute atomic E-state index is 12.4. The first kappa shape index (κ1) is 20.7. The molecule has 136 valence electrons. The van der Waals surface area contributed by atoms with E-state index in [2.05, 4.69) is 11.7 Å². The number of benzene rings is 1. The Labute approximate surface area is 150 Å². The fourth-order valence-corrected chi connectivity index (χ4v) is 2.58. The fourth-order valence-electron chi connectivity index (χ4n) is 2.58. The fraction of sp³-hybridized carbons (Fsp3) is 0.429. The number of esters is 2. The Hall–Kier alpha value is -2.36. The topological polar surface area (TPSA) is 52.6 Å². The molecule has 4 nitrogen and oxygen atoms in total. The predicted octanol–water partition coefficient (Wildman–Crippen LogP) is 4.32. The molecule has 0 unspecified atom stereocenters. The van der Waals surface area contributed by atoms with Crippen LogP contribution in [0.1, 0.15) is 43.7 Å². The molecule has 0 spiro atoms. The summed E-state index contributed by atoms with van der Waals surface area (Å²) >= 11 is 0. The van der Waals surface area contributed by atoms with Gasteiger partial charge in [-0.25, -0.2) is 9.59 Å². The number of ether oxygens (including phenoxy) is 2. The molecule has 0 saturated carbocycles. The van der Waals surface area contributed by atoms with Crippen molar-refractivity contribution in [2.75, 3.05) is 14.2 Å². The average molecular weight is 344 g/mol. The zero-order chi connectivity index (χ0) is 18.7. The molecule has 4 heteroatoms. The second kappa shape index (κ2) is 11.2. The molecule has 0 atom stereocenters. The summed E-state index contributed by atoms with van der Waals surface area (Å²) in [5.41, 5.74) is 3.61. The van der Waals surface area contributed by atoms with Gasteiger partial charge in [-0.05, 0) is 36.5 Å². The first-order valence-corrected chi connectivity index (χ1v) is 8.64. The number of allylic oxidation sites excluding steroid dienone is 2. The van der Waals surface area contributed by atoms with Crippen molar-refractivity contribution in [3.63, 3.8) is 0 Å². The van der Waals surface area contributed by atoms with Crippen LogP contribution in [0.2, 0.25) is 0 Å². The van der Waals surface area contributed by atoms with Gasteiger partial charge in [0.25, 0.3) is 0 Å². The van der Waals surface area contributed by atoms with E-state index in [0.717, 1.165) is 42.4 Å². The first-order valence-electron chi connectivity index (χ1n) is 8.64. The monoisotopic (exact) mass is 344 g/mol. The summed E-state index contributed by atoms with van der Waals surface area (Å²) in [5, 5.41) is 0. The third kappa shape index (κ3) is 6.96. The van der Waals surface area contributed by atoms with E-state index in [1.54, 1.807) is 6.08 Å². The second-order valence-electron chi connectivity index (χ2n) is 5.91. The van der Waals surface area contributed by atoms with Crippen LogP contribution in [0, 0.1) is 6.92 Å². The summed E-state index contributed by atoms with van der Waals surface area (Å²) in [6.45, 7) is 4.15. The number of rotatable bonds is 9. The summed E-state index contributed by atoms with van der Waals surface area (Å²) in [4.78, 5) is 23.9. The molecule has 0 heterocycles. The highest BCUT2D eigenvalue weighted by atomic mass is 16.5. The molecule has 0 aliphatic rings.